The van der Waals surface area contributed by atoms with E-state index in [4.69, 9.17) is 5.73 Å². The van der Waals surface area contributed by atoms with Crippen molar-refractivity contribution in [2.45, 2.75) is 25.8 Å². The fourth-order valence-corrected chi connectivity index (χ4v) is 2.26. The average molecular weight is 310 g/mol. The fourth-order valence-electron chi connectivity index (χ4n) is 2.26. The Labute approximate surface area is 136 Å². The molecule has 3 N–H and O–H groups in total. The van der Waals surface area contributed by atoms with Gasteiger partial charge in [-0.1, -0.05) is 54.6 Å². The lowest BCUT2D eigenvalue weighted by atomic mass is 10.0. The van der Waals surface area contributed by atoms with Crippen LogP contribution in [0.5, 0.6) is 0 Å². The maximum absolute atomic E-state index is 12.1. The van der Waals surface area contributed by atoms with Gasteiger partial charge in [0.2, 0.25) is 5.91 Å². The Bertz CT molecular complexity index is 651. The maximum atomic E-state index is 12.1. The molecule has 23 heavy (non-hydrogen) atoms. The van der Waals surface area contributed by atoms with Crippen molar-refractivity contribution in [1.29, 1.82) is 0 Å². The Balaban J connectivity index is 1.92. The number of benzene rings is 2. The van der Waals surface area contributed by atoms with Gasteiger partial charge in [0.25, 0.3) is 0 Å². The molecule has 0 heterocycles. The molecule has 1 atom stereocenters. The van der Waals surface area contributed by atoms with Crippen molar-refractivity contribution in [2.24, 2.45) is 5.73 Å². The first kappa shape index (κ1) is 16.9. The normalized spacial score (nSPS) is 11.7. The first-order chi connectivity index (χ1) is 11.1. The molecule has 2 rings (SSSR count). The molecule has 0 saturated carbocycles. The molecule has 0 unspecified atom stereocenters. The van der Waals surface area contributed by atoms with Crippen LogP contribution in [0, 0.1) is 0 Å². The first-order valence-electron chi connectivity index (χ1n) is 7.78. The van der Waals surface area contributed by atoms with Crippen LogP contribution in [0.4, 0.5) is 0 Å². The second-order valence-electron chi connectivity index (χ2n) is 5.57. The SMILES string of the molecule is C[C@@H](CN)NC(=O)CCC(=O)c1ccc(-c2ccccc2)cc1. The standard InChI is InChI=1S/C19H22N2O2/c1-14(13-20)21-19(23)12-11-18(22)17-9-7-16(8-10-17)15-5-3-2-4-6-15/h2-10,14H,11-13,20H2,1H3,(H,21,23)/t14-/m0/s1. The third-order valence-electron chi connectivity index (χ3n) is 3.65. The van der Waals surface area contributed by atoms with Crippen LogP contribution in [0.2, 0.25) is 0 Å². The molecule has 0 spiro atoms. The second-order valence-corrected chi connectivity index (χ2v) is 5.57. The van der Waals surface area contributed by atoms with Crippen LogP contribution in [-0.4, -0.2) is 24.3 Å². The molecule has 0 radical (unpaired) electrons. The molecular weight excluding hydrogens is 288 g/mol. The molecule has 0 fully saturated rings. The summed E-state index contributed by atoms with van der Waals surface area (Å²) < 4.78 is 0. The summed E-state index contributed by atoms with van der Waals surface area (Å²) in [5, 5.41) is 2.75. The number of rotatable bonds is 7. The summed E-state index contributed by atoms with van der Waals surface area (Å²) in [5.41, 5.74) is 8.26. The smallest absolute Gasteiger partial charge is 0.220 e. The van der Waals surface area contributed by atoms with Gasteiger partial charge < -0.3 is 11.1 Å². The highest BCUT2D eigenvalue weighted by Gasteiger charge is 2.11. The minimum atomic E-state index is -0.141. The lowest BCUT2D eigenvalue weighted by Crippen LogP contribution is -2.37. The van der Waals surface area contributed by atoms with E-state index < -0.39 is 0 Å². The monoisotopic (exact) mass is 310 g/mol. The molecule has 0 aliphatic rings. The summed E-state index contributed by atoms with van der Waals surface area (Å²) in [6.45, 7) is 2.22. The Morgan fingerprint density at radius 1 is 0.957 bits per heavy atom. The van der Waals surface area contributed by atoms with Crippen LogP contribution in [0.15, 0.2) is 54.6 Å². The highest BCUT2D eigenvalue weighted by atomic mass is 16.2. The minimum absolute atomic E-state index is 0.0276. The third-order valence-corrected chi connectivity index (χ3v) is 3.65. The van der Waals surface area contributed by atoms with Crippen molar-refractivity contribution in [3.05, 3.63) is 60.2 Å². The van der Waals surface area contributed by atoms with Crippen molar-refractivity contribution in [3.63, 3.8) is 0 Å². The molecule has 1 amide bonds. The van der Waals surface area contributed by atoms with Crippen LogP contribution in [-0.2, 0) is 4.79 Å². The highest BCUT2D eigenvalue weighted by molar-refractivity contribution is 5.98. The van der Waals surface area contributed by atoms with Gasteiger partial charge in [-0.2, -0.15) is 0 Å². The predicted molar refractivity (Wildman–Crippen MR) is 92.1 cm³/mol. The van der Waals surface area contributed by atoms with Gasteiger partial charge in [0, 0.05) is 31.0 Å². The molecule has 0 aliphatic carbocycles. The van der Waals surface area contributed by atoms with Crippen molar-refractivity contribution in [3.8, 4) is 11.1 Å². The largest absolute Gasteiger partial charge is 0.352 e. The van der Waals surface area contributed by atoms with Gasteiger partial charge in [-0.15, -0.1) is 0 Å². The fraction of sp³-hybridized carbons (Fsp3) is 0.263. The topological polar surface area (TPSA) is 72.2 Å². The summed E-state index contributed by atoms with van der Waals surface area (Å²) in [6.07, 6.45) is 0.386. The van der Waals surface area contributed by atoms with E-state index in [0.717, 1.165) is 11.1 Å². The van der Waals surface area contributed by atoms with Crippen molar-refractivity contribution >= 4 is 11.7 Å². The first-order valence-corrected chi connectivity index (χ1v) is 7.78. The number of ketones is 1. The third kappa shape index (κ3) is 5.04. The summed E-state index contributed by atoms with van der Waals surface area (Å²) in [5.74, 6) is -0.169. The van der Waals surface area contributed by atoms with Gasteiger partial charge in [-0.05, 0) is 18.1 Å². The molecule has 2 aromatic carbocycles. The van der Waals surface area contributed by atoms with Crippen molar-refractivity contribution < 1.29 is 9.59 Å². The summed E-state index contributed by atoms with van der Waals surface area (Å²) >= 11 is 0. The van der Waals surface area contributed by atoms with E-state index in [1.165, 1.54) is 0 Å². The van der Waals surface area contributed by atoms with Crippen LogP contribution >= 0.6 is 0 Å². The molecule has 4 heteroatoms. The van der Waals surface area contributed by atoms with E-state index in [1.54, 1.807) is 0 Å². The number of carbonyl (C=O) groups is 2. The lowest BCUT2D eigenvalue weighted by Gasteiger charge is -2.10. The minimum Gasteiger partial charge on any atom is -0.352 e. The lowest BCUT2D eigenvalue weighted by molar-refractivity contribution is -0.121. The van der Waals surface area contributed by atoms with Crippen LogP contribution < -0.4 is 11.1 Å². The van der Waals surface area contributed by atoms with Crippen molar-refractivity contribution in [1.82, 2.24) is 5.32 Å². The predicted octanol–water partition coefficient (Wildman–Crippen LogP) is 2.78. The zero-order valence-electron chi connectivity index (χ0n) is 13.3. The Morgan fingerprint density at radius 3 is 2.17 bits per heavy atom. The highest BCUT2D eigenvalue weighted by Crippen LogP contribution is 2.19. The van der Waals surface area contributed by atoms with Crippen LogP contribution in [0.25, 0.3) is 11.1 Å². The summed E-state index contributed by atoms with van der Waals surface area (Å²) in [6, 6.07) is 17.4. The van der Waals surface area contributed by atoms with E-state index in [0.29, 0.717) is 12.1 Å². The van der Waals surface area contributed by atoms with E-state index in [1.807, 2.05) is 61.5 Å². The number of Topliss-reactive ketones (excluding diaryl/α,β-unsaturated/α-hetero) is 1. The van der Waals surface area contributed by atoms with E-state index in [-0.39, 0.29) is 30.6 Å². The molecule has 2 aromatic rings. The molecule has 0 aliphatic heterocycles. The molecule has 120 valence electrons. The summed E-state index contributed by atoms with van der Waals surface area (Å²) in [4.78, 5) is 23.8. The number of carbonyl (C=O) groups excluding carboxylic acids is 2. The van der Waals surface area contributed by atoms with Gasteiger partial charge >= 0.3 is 0 Å². The van der Waals surface area contributed by atoms with Crippen LogP contribution in [0.3, 0.4) is 0 Å². The van der Waals surface area contributed by atoms with Gasteiger partial charge in [-0.3, -0.25) is 9.59 Å². The van der Waals surface area contributed by atoms with Crippen LogP contribution in [0.1, 0.15) is 30.1 Å². The zero-order chi connectivity index (χ0) is 16.7. The molecule has 0 aromatic heterocycles. The number of amides is 1. The average Bonchev–Trinajstić information content (AvgIpc) is 2.60. The quantitative estimate of drug-likeness (QED) is 0.772. The second kappa shape index (κ2) is 8.25. The number of nitrogens with one attached hydrogen (secondary N) is 1. The van der Waals surface area contributed by atoms with Gasteiger partial charge in [0.05, 0.1) is 0 Å². The summed E-state index contributed by atoms with van der Waals surface area (Å²) in [7, 11) is 0. The number of hydrogen-bond acceptors (Lipinski definition) is 3. The molecule has 0 bridgehead atoms. The van der Waals surface area contributed by atoms with E-state index >= 15 is 0 Å². The Morgan fingerprint density at radius 2 is 1.57 bits per heavy atom. The Hall–Kier alpha value is -2.46. The van der Waals surface area contributed by atoms with Gasteiger partial charge in [-0.25, -0.2) is 0 Å². The van der Waals surface area contributed by atoms with Crippen molar-refractivity contribution in [2.75, 3.05) is 6.54 Å². The molecular formula is C19H22N2O2. The van der Waals surface area contributed by atoms with E-state index in [9.17, 15) is 9.59 Å². The maximum Gasteiger partial charge on any atom is 0.220 e. The van der Waals surface area contributed by atoms with E-state index in [2.05, 4.69) is 5.32 Å². The molecule has 4 nitrogen and oxygen atoms in total. The number of nitrogens with two attached hydrogens (primary N) is 1. The Kier molecular flexibility index (Phi) is 6.06. The zero-order valence-corrected chi connectivity index (χ0v) is 13.3. The number of hydrogen-bond donors (Lipinski definition) is 2. The molecule has 0 saturated heterocycles. The van der Waals surface area contributed by atoms with Gasteiger partial charge in [0.1, 0.15) is 0 Å². The van der Waals surface area contributed by atoms with Gasteiger partial charge in [0.15, 0.2) is 5.78 Å².